The van der Waals surface area contributed by atoms with Crippen LogP contribution in [-0.2, 0) is 6.42 Å². The minimum atomic E-state index is -0.878. The summed E-state index contributed by atoms with van der Waals surface area (Å²) in [6.07, 6.45) is 0.564. The molecule has 0 spiro atoms. The van der Waals surface area contributed by atoms with Gasteiger partial charge in [-0.2, -0.15) is 0 Å². The van der Waals surface area contributed by atoms with Gasteiger partial charge < -0.3 is 10.8 Å². The van der Waals surface area contributed by atoms with Crippen molar-refractivity contribution in [2.24, 2.45) is 11.1 Å². The van der Waals surface area contributed by atoms with Crippen molar-refractivity contribution in [3.8, 4) is 0 Å². The first-order valence-electron chi connectivity index (χ1n) is 5.46. The van der Waals surface area contributed by atoms with Crippen LogP contribution in [0.2, 0.25) is 0 Å². The SMILES string of the molecule is CC(C)(C)C(O)(CN)Cc1ccccc1Br. The minimum Gasteiger partial charge on any atom is -0.388 e. The molecule has 3 N–H and O–H groups in total. The Balaban J connectivity index is 2.99. The van der Waals surface area contributed by atoms with E-state index in [4.69, 9.17) is 5.73 Å². The van der Waals surface area contributed by atoms with Crippen LogP contribution in [0.4, 0.5) is 0 Å². The number of aliphatic hydroxyl groups is 1. The van der Waals surface area contributed by atoms with E-state index in [1.165, 1.54) is 0 Å². The molecule has 0 fully saturated rings. The summed E-state index contributed by atoms with van der Waals surface area (Å²) in [4.78, 5) is 0. The third-order valence-corrected chi connectivity index (χ3v) is 3.95. The molecule has 3 heteroatoms. The highest BCUT2D eigenvalue weighted by molar-refractivity contribution is 9.10. The second-order valence-corrected chi connectivity index (χ2v) is 6.11. The van der Waals surface area contributed by atoms with E-state index in [0.717, 1.165) is 10.0 Å². The van der Waals surface area contributed by atoms with Crippen molar-refractivity contribution in [2.45, 2.75) is 32.8 Å². The Hall–Kier alpha value is -0.380. The van der Waals surface area contributed by atoms with Gasteiger partial charge >= 0.3 is 0 Å². The molecule has 0 aromatic heterocycles. The normalized spacial score (nSPS) is 15.9. The molecule has 0 aliphatic rings. The number of halogens is 1. The predicted molar refractivity (Wildman–Crippen MR) is 71.3 cm³/mol. The zero-order valence-corrected chi connectivity index (χ0v) is 11.7. The standard InChI is InChI=1S/C13H20BrNO/c1-12(2,3)13(16,9-15)8-10-6-4-5-7-11(10)14/h4-7,16H,8-9,15H2,1-3H3. The van der Waals surface area contributed by atoms with Crippen molar-refractivity contribution < 1.29 is 5.11 Å². The summed E-state index contributed by atoms with van der Waals surface area (Å²) in [6.45, 7) is 6.29. The highest BCUT2D eigenvalue weighted by atomic mass is 79.9. The monoisotopic (exact) mass is 285 g/mol. The first kappa shape index (κ1) is 13.7. The number of hydrogen-bond acceptors (Lipinski definition) is 2. The second kappa shape index (κ2) is 4.86. The van der Waals surface area contributed by atoms with E-state index in [0.29, 0.717) is 6.42 Å². The summed E-state index contributed by atoms with van der Waals surface area (Å²) in [5.74, 6) is 0. The van der Waals surface area contributed by atoms with Crippen LogP contribution < -0.4 is 5.73 Å². The summed E-state index contributed by atoms with van der Waals surface area (Å²) in [5, 5.41) is 10.6. The maximum Gasteiger partial charge on any atom is 0.0857 e. The van der Waals surface area contributed by atoms with Gasteiger partial charge in [-0.05, 0) is 17.0 Å². The number of rotatable bonds is 3. The largest absolute Gasteiger partial charge is 0.388 e. The lowest BCUT2D eigenvalue weighted by atomic mass is 9.73. The summed E-state index contributed by atoms with van der Waals surface area (Å²) < 4.78 is 1.02. The Morgan fingerprint density at radius 1 is 1.25 bits per heavy atom. The van der Waals surface area contributed by atoms with E-state index < -0.39 is 5.60 Å². The Bertz CT molecular complexity index is 359. The van der Waals surface area contributed by atoms with Gasteiger partial charge in [0.15, 0.2) is 0 Å². The smallest absolute Gasteiger partial charge is 0.0857 e. The summed E-state index contributed by atoms with van der Waals surface area (Å²) in [5.41, 5.74) is 5.70. The fourth-order valence-electron chi connectivity index (χ4n) is 1.60. The van der Waals surface area contributed by atoms with Crippen LogP contribution in [0.25, 0.3) is 0 Å². The van der Waals surface area contributed by atoms with Crippen LogP contribution in [0, 0.1) is 5.41 Å². The lowest BCUT2D eigenvalue weighted by Gasteiger charge is -2.39. The maximum atomic E-state index is 10.6. The number of benzene rings is 1. The molecule has 1 unspecified atom stereocenters. The number of nitrogens with two attached hydrogens (primary N) is 1. The van der Waals surface area contributed by atoms with E-state index in [9.17, 15) is 5.11 Å². The topological polar surface area (TPSA) is 46.2 Å². The summed E-state index contributed by atoms with van der Waals surface area (Å²) >= 11 is 3.49. The van der Waals surface area contributed by atoms with E-state index in [-0.39, 0.29) is 12.0 Å². The molecule has 0 aliphatic heterocycles. The van der Waals surface area contributed by atoms with Gasteiger partial charge in [0.05, 0.1) is 5.60 Å². The highest BCUT2D eigenvalue weighted by Crippen LogP contribution is 2.34. The number of hydrogen-bond donors (Lipinski definition) is 2. The Morgan fingerprint density at radius 2 is 1.81 bits per heavy atom. The molecule has 0 aliphatic carbocycles. The van der Waals surface area contributed by atoms with E-state index in [1.54, 1.807) is 0 Å². The van der Waals surface area contributed by atoms with Crippen LogP contribution in [-0.4, -0.2) is 17.3 Å². The molecule has 16 heavy (non-hydrogen) atoms. The van der Waals surface area contributed by atoms with E-state index >= 15 is 0 Å². The van der Waals surface area contributed by atoms with Crippen LogP contribution in [0.1, 0.15) is 26.3 Å². The summed E-state index contributed by atoms with van der Waals surface area (Å²) in [6, 6.07) is 7.93. The molecule has 0 bridgehead atoms. The molecular weight excluding hydrogens is 266 g/mol. The molecule has 0 heterocycles. The van der Waals surface area contributed by atoms with Gasteiger partial charge in [0, 0.05) is 17.4 Å². The Morgan fingerprint density at radius 3 is 2.25 bits per heavy atom. The lowest BCUT2D eigenvalue weighted by Crippen LogP contribution is -2.50. The van der Waals surface area contributed by atoms with Crippen LogP contribution >= 0.6 is 15.9 Å². The lowest BCUT2D eigenvalue weighted by molar-refractivity contribution is -0.0491. The molecule has 90 valence electrons. The van der Waals surface area contributed by atoms with Crippen LogP contribution in [0.15, 0.2) is 28.7 Å². The molecule has 1 aromatic rings. The molecule has 2 nitrogen and oxygen atoms in total. The second-order valence-electron chi connectivity index (χ2n) is 5.25. The molecule has 0 saturated carbocycles. The zero-order valence-electron chi connectivity index (χ0n) is 10.1. The van der Waals surface area contributed by atoms with Gasteiger partial charge in [0.25, 0.3) is 0 Å². The quantitative estimate of drug-likeness (QED) is 0.897. The first-order chi connectivity index (χ1) is 7.30. The summed E-state index contributed by atoms with van der Waals surface area (Å²) in [7, 11) is 0. The van der Waals surface area contributed by atoms with Gasteiger partial charge in [-0.1, -0.05) is 54.9 Å². The highest BCUT2D eigenvalue weighted by Gasteiger charge is 2.39. The van der Waals surface area contributed by atoms with Crippen molar-refractivity contribution >= 4 is 15.9 Å². The van der Waals surface area contributed by atoms with Gasteiger partial charge in [0.1, 0.15) is 0 Å². The van der Waals surface area contributed by atoms with E-state index in [2.05, 4.69) is 15.9 Å². The molecule has 1 rings (SSSR count). The van der Waals surface area contributed by atoms with Crippen molar-refractivity contribution in [2.75, 3.05) is 6.54 Å². The molecule has 0 saturated heterocycles. The van der Waals surface area contributed by atoms with Gasteiger partial charge in [-0.25, -0.2) is 0 Å². The maximum absolute atomic E-state index is 10.6. The Labute approximate surface area is 106 Å². The fourth-order valence-corrected chi connectivity index (χ4v) is 2.03. The molecule has 1 atom stereocenters. The fraction of sp³-hybridized carbons (Fsp3) is 0.538. The van der Waals surface area contributed by atoms with Crippen molar-refractivity contribution in [3.63, 3.8) is 0 Å². The molecular formula is C13H20BrNO. The van der Waals surface area contributed by atoms with E-state index in [1.807, 2.05) is 45.0 Å². The minimum absolute atomic E-state index is 0.239. The van der Waals surface area contributed by atoms with Crippen LogP contribution in [0.3, 0.4) is 0 Å². The van der Waals surface area contributed by atoms with Gasteiger partial charge in [-0.3, -0.25) is 0 Å². The zero-order chi connectivity index (χ0) is 12.4. The molecule has 0 amide bonds. The van der Waals surface area contributed by atoms with Crippen molar-refractivity contribution in [1.29, 1.82) is 0 Å². The van der Waals surface area contributed by atoms with Gasteiger partial charge in [-0.15, -0.1) is 0 Å². The average Bonchev–Trinajstić information content (AvgIpc) is 2.19. The van der Waals surface area contributed by atoms with Crippen LogP contribution in [0.5, 0.6) is 0 Å². The third-order valence-electron chi connectivity index (χ3n) is 3.17. The third kappa shape index (κ3) is 2.84. The molecule has 0 radical (unpaired) electrons. The predicted octanol–water partition coefficient (Wildman–Crippen LogP) is 2.73. The molecule has 1 aromatic carbocycles. The van der Waals surface area contributed by atoms with Crippen molar-refractivity contribution in [1.82, 2.24) is 0 Å². The first-order valence-corrected chi connectivity index (χ1v) is 6.25. The van der Waals surface area contributed by atoms with Gasteiger partial charge in [0.2, 0.25) is 0 Å². The average molecular weight is 286 g/mol. The Kier molecular flexibility index (Phi) is 4.16. The van der Waals surface area contributed by atoms with Crippen molar-refractivity contribution in [3.05, 3.63) is 34.3 Å².